The molecule has 0 spiro atoms. The van der Waals surface area contributed by atoms with Gasteiger partial charge in [-0.05, 0) is 55.0 Å². The first-order valence-electron chi connectivity index (χ1n) is 10.4. The third kappa shape index (κ3) is 7.69. The van der Waals surface area contributed by atoms with Crippen LogP contribution in [0.4, 0.5) is 0 Å². The van der Waals surface area contributed by atoms with E-state index < -0.39 is 5.91 Å². The maximum atomic E-state index is 12.1. The van der Waals surface area contributed by atoms with Crippen LogP contribution in [0.3, 0.4) is 0 Å². The number of carbonyl (C=O) groups is 1. The molecule has 0 saturated heterocycles. The number of aromatic nitrogens is 1. The number of nitrogens with one attached hydrogen (secondary N) is 1. The van der Waals surface area contributed by atoms with E-state index in [9.17, 15) is 10.1 Å². The maximum absolute atomic E-state index is 12.1. The Morgan fingerprint density at radius 2 is 1.89 bits per heavy atom. The molecule has 2 aromatic carbocycles. The van der Waals surface area contributed by atoms with Crippen LogP contribution in [0.1, 0.15) is 27.9 Å². The number of methoxy groups -OCH3 is 1. The zero-order valence-electron chi connectivity index (χ0n) is 19.0. The number of nitrogens with zero attached hydrogens (tertiary/aromatic N) is 3. The molecule has 0 fully saturated rings. The van der Waals surface area contributed by atoms with Crippen LogP contribution in [0, 0.1) is 18.3 Å². The lowest BCUT2D eigenvalue weighted by Crippen LogP contribution is -2.25. The third-order valence-electron chi connectivity index (χ3n) is 4.64. The molecule has 0 aliphatic carbocycles. The normalized spacial score (nSPS) is 10.7. The molecular formula is C25H22Cl2N4O4. The SMILES string of the molecule is COCc1cc(C)nc(OCC(=O)NN=Cc2ccc(OCc3ccc(Cl)cc3Cl)cc2)c1C#N. The Kier molecular flexibility index (Phi) is 9.44. The monoisotopic (exact) mass is 512 g/mol. The number of hydrazone groups is 1. The Bertz CT molecular complexity index is 1260. The summed E-state index contributed by atoms with van der Waals surface area (Å²) >= 11 is 12.1. The van der Waals surface area contributed by atoms with Crippen LogP contribution in [0.15, 0.2) is 53.6 Å². The summed E-state index contributed by atoms with van der Waals surface area (Å²) in [5.74, 6) is 0.230. The van der Waals surface area contributed by atoms with E-state index in [2.05, 4.69) is 15.5 Å². The minimum Gasteiger partial charge on any atom is -0.489 e. The number of carbonyl (C=O) groups excluding carboxylic acids is 1. The van der Waals surface area contributed by atoms with Gasteiger partial charge in [0.1, 0.15) is 24.0 Å². The lowest BCUT2D eigenvalue weighted by atomic mass is 10.1. The van der Waals surface area contributed by atoms with Crippen molar-refractivity contribution in [1.82, 2.24) is 10.4 Å². The molecule has 1 heterocycles. The maximum Gasteiger partial charge on any atom is 0.278 e. The van der Waals surface area contributed by atoms with E-state index in [1.165, 1.54) is 13.3 Å². The molecule has 1 aromatic heterocycles. The Morgan fingerprint density at radius 1 is 1.11 bits per heavy atom. The fourth-order valence-electron chi connectivity index (χ4n) is 3.00. The average Bonchev–Trinajstić information content (AvgIpc) is 2.83. The van der Waals surface area contributed by atoms with Gasteiger partial charge in [-0.2, -0.15) is 10.4 Å². The molecule has 35 heavy (non-hydrogen) atoms. The third-order valence-corrected chi connectivity index (χ3v) is 5.23. The van der Waals surface area contributed by atoms with Gasteiger partial charge in [-0.25, -0.2) is 10.4 Å². The summed E-state index contributed by atoms with van der Waals surface area (Å²) in [7, 11) is 1.53. The van der Waals surface area contributed by atoms with Gasteiger partial charge in [0, 0.05) is 34.0 Å². The van der Waals surface area contributed by atoms with E-state index in [0.29, 0.717) is 33.7 Å². The van der Waals surface area contributed by atoms with Gasteiger partial charge in [0.15, 0.2) is 6.61 Å². The van der Waals surface area contributed by atoms with Gasteiger partial charge in [0.25, 0.3) is 5.91 Å². The minimum absolute atomic E-state index is 0.0779. The molecule has 3 rings (SSSR count). The average molecular weight is 513 g/mol. The largest absolute Gasteiger partial charge is 0.489 e. The molecule has 0 aliphatic heterocycles. The molecule has 1 N–H and O–H groups in total. The lowest BCUT2D eigenvalue weighted by molar-refractivity contribution is -0.123. The smallest absolute Gasteiger partial charge is 0.278 e. The second-order valence-electron chi connectivity index (χ2n) is 7.32. The van der Waals surface area contributed by atoms with Crippen molar-refractivity contribution in [3.8, 4) is 17.7 Å². The number of benzene rings is 2. The predicted octanol–water partition coefficient (Wildman–Crippen LogP) is 4.82. The van der Waals surface area contributed by atoms with Crippen molar-refractivity contribution in [3.63, 3.8) is 0 Å². The molecule has 10 heteroatoms. The Balaban J connectivity index is 1.50. The first kappa shape index (κ1) is 26.0. The lowest BCUT2D eigenvalue weighted by Gasteiger charge is -2.10. The number of amides is 1. The summed E-state index contributed by atoms with van der Waals surface area (Å²) < 4.78 is 16.3. The Hall–Kier alpha value is -3.64. The van der Waals surface area contributed by atoms with Crippen molar-refractivity contribution in [3.05, 3.63) is 86.5 Å². The highest BCUT2D eigenvalue weighted by Gasteiger charge is 2.14. The number of rotatable bonds is 10. The predicted molar refractivity (Wildman–Crippen MR) is 133 cm³/mol. The number of nitriles is 1. The first-order chi connectivity index (χ1) is 16.9. The number of aryl methyl sites for hydroxylation is 1. The zero-order valence-corrected chi connectivity index (χ0v) is 20.6. The van der Waals surface area contributed by atoms with Crippen LogP contribution in [0.5, 0.6) is 11.6 Å². The van der Waals surface area contributed by atoms with Crippen LogP contribution in [-0.2, 0) is 22.7 Å². The molecule has 0 saturated carbocycles. The fraction of sp³-hybridized carbons (Fsp3) is 0.200. The minimum atomic E-state index is -0.499. The van der Waals surface area contributed by atoms with Crippen molar-refractivity contribution < 1.29 is 19.0 Å². The van der Waals surface area contributed by atoms with Crippen molar-refractivity contribution in [2.24, 2.45) is 5.10 Å². The van der Waals surface area contributed by atoms with Gasteiger partial charge >= 0.3 is 0 Å². The van der Waals surface area contributed by atoms with E-state index in [-0.39, 0.29) is 24.7 Å². The highest BCUT2D eigenvalue weighted by molar-refractivity contribution is 6.35. The van der Waals surface area contributed by atoms with Gasteiger partial charge in [-0.1, -0.05) is 29.3 Å². The summed E-state index contributed by atoms with van der Waals surface area (Å²) in [5.41, 5.74) is 5.47. The second-order valence-corrected chi connectivity index (χ2v) is 8.17. The van der Waals surface area contributed by atoms with E-state index in [4.69, 9.17) is 37.4 Å². The summed E-state index contributed by atoms with van der Waals surface area (Å²) in [5, 5.41) is 14.4. The van der Waals surface area contributed by atoms with Crippen LogP contribution >= 0.6 is 23.2 Å². The van der Waals surface area contributed by atoms with Crippen molar-refractivity contribution in [2.45, 2.75) is 20.1 Å². The first-order valence-corrected chi connectivity index (χ1v) is 11.2. The number of halogens is 2. The molecule has 0 bridgehead atoms. The Labute approximate surface area is 213 Å². The van der Waals surface area contributed by atoms with E-state index >= 15 is 0 Å². The van der Waals surface area contributed by atoms with Crippen molar-refractivity contribution in [1.29, 1.82) is 5.26 Å². The van der Waals surface area contributed by atoms with Crippen LogP contribution in [0.2, 0.25) is 10.0 Å². The van der Waals surface area contributed by atoms with E-state index in [1.807, 2.05) is 12.1 Å². The topological polar surface area (TPSA) is 106 Å². The highest BCUT2D eigenvalue weighted by Crippen LogP contribution is 2.23. The van der Waals surface area contributed by atoms with Gasteiger partial charge in [0.05, 0.1) is 12.8 Å². The molecule has 0 radical (unpaired) electrons. The Morgan fingerprint density at radius 3 is 2.57 bits per heavy atom. The molecule has 8 nitrogen and oxygen atoms in total. The van der Waals surface area contributed by atoms with Crippen LogP contribution in [-0.4, -0.2) is 30.8 Å². The molecule has 3 aromatic rings. The van der Waals surface area contributed by atoms with E-state index in [0.717, 1.165) is 11.1 Å². The van der Waals surface area contributed by atoms with Crippen molar-refractivity contribution in [2.75, 3.05) is 13.7 Å². The molecule has 0 atom stereocenters. The van der Waals surface area contributed by atoms with Crippen LogP contribution in [0.25, 0.3) is 0 Å². The molecule has 0 aliphatic rings. The van der Waals surface area contributed by atoms with E-state index in [1.54, 1.807) is 49.4 Å². The molecule has 0 unspecified atom stereocenters. The van der Waals surface area contributed by atoms with Crippen LogP contribution < -0.4 is 14.9 Å². The quantitative estimate of drug-likeness (QED) is 0.308. The number of ether oxygens (including phenoxy) is 3. The number of hydrogen-bond donors (Lipinski definition) is 1. The highest BCUT2D eigenvalue weighted by atomic mass is 35.5. The molecular weight excluding hydrogens is 491 g/mol. The summed E-state index contributed by atoms with van der Waals surface area (Å²) in [6.07, 6.45) is 1.49. The van der Waals surface area contributed by atoms with Crippen molar-refractivity contribution >= 4 is 35.3 Å². The molecule has 1 amide bonds. The number of hydrogen-bond acceptors (Lipinski definition) is 7. The van der Waals surface area contributed by atoms with Gasteiger partial charge in [-0.3, -0.25) is 4.79 Å². The second kappa shape index (κ2) is 12.7. The summed E-state index contributed by atoms with van der Waals surface area (Å²) in [4.78, 5) is 16.3. The van der Waals surface area contributed by atoms with Gasteiger partial charge in [0.2, 0.25) is 5.88 Å². The number of pyridine rings is 1. The molecule has 180 valence electrons. The summed E-state index contributed by atoms with van der Waals surface area (Å²) in [6, 6.07) is 16.1. The fourth-order valence-corrected chi connectivity index (χ4v) is 3.46. The van der Waals surface area contributed by atoms with Gasteiger partial charge in [-0.15, -0.1) is 0 Å². The van der Waals surface area contributed by atoms with Gasteiger partial charge < -0.3 is 14.2 Å². The standard InChI is InChI=1S/C25H22Cl2N4O4/c1-16-9-19(13-33-2)22(11-28)25(30-16)35-15-24(32)31-29-12-17-3-7-21(8-4-17)34-14-18-5-6-20(26)10-23(18)27/h3-10,12H,13-15H2,1-2H3,(H,31,32). The summed E-state index contributed by atoms with van der Waals surface area (Å²) in [6.45, 7) is 1.95. The zero-order chi connectivity index (χ0) is 25.2.